The molecule has 0 fully saturated rings. The maximum absolute atomic E-state index is 13.6. The van der Waals surface area contributed by atoms with Crippen LogP contribution in [0.25, 0.3) is 11.6 Å². The number of ether oxygens (including phenoxy) is 2. The molecule has 0 saturated carbocycles. The molecule has 0 aliphatic rings. The van der Waals surface area contributed by atoms with E-state index in [0.29, 0.717) is 0 Å². The fourth-order valence-corrected chi connectivity index (χ4v) is 2.51. The Bertz CT molecular complexity index is 866. The van der Waals surface area contributed by atoms with Crippen molar-refractivity contribution in [1.29, 1.82) is 0 Å². The predicted molar refractivity (Wildman–Crippen MR) is 91.9 cm³/mol. The highest BCUT2D eigenvalue weighted by Gasteiger charge is 2.37. The molecule has 0 radical (unpaired) electrons. The summed E-state index contributed by atoms with van der Waals surface area (Å²) in [5.41, 5.74) is -1.62. The van der Waals surface area contributed by atoms with E-state index in [-0.39, 0.29) is 21.5 Å². The molecule has 0 saturated heterocycles. The number of allylic oxidation sites excluding steroid dienone is 1. The van der Waals surface area contributed by atoms with E-state index in [2.05, 4.69) is 25.7 Å². The molecule has 0 atom stereocenters. The number of hydrogen-bond donors (Lipinski definition) is 1. The van der Waals surface area contributed by atoms with Crippen molar-refractivity contribution in [2.24, 2.45) is 0 Å². The molecular weight excluding hydrogens is 419 g/mol. The number of alkyl halides is 3. The van der Waals surface area contributed by atoms with E-state index in [1.54, 1.807) is 0 Å². The second kappa shape index (κ2) is 7.77. The first-order valence-corrected chi connectivity index (χ1v) is 7.87. The normalized spacial score (nSPS) is 12.0. The van der Waals surface area contributed by atoms with Crippen molar-refractivity contribution < 1.29 is 32.5 Å². The van der Waals surface area contributed by atoms with Crippen LogP contribution in [-0.2, 0) is 4.74 Å². The Morgan fingerprint density at radius 3 is 2.46 bits per heavy atom. The second-order valence-electron chi connectivity index (χ2n) is 5.00. The van der Waals surface area contributed by atoms with Crippen molar-refractivity contribution in [2.45, 2.75) is 6.18 Å². The van der Waals surface area contributed by atoms with Gasteiger partial charge in [-0.15, -0.1) is 0 Å². The molecule has 138 valence electrons. The fourth-order valence-electron chi connectivity index (χ4n) is 2.08. The Morgan fingerprint density at radius 1 is 1.23 bits per heavy atom. The van der Waals surface area contributed by atoms with E-state index >= 15 is 0 Å². The molecule has 2 aromatic rings. The van der Waals surface area contributed by atoms with Crippen molar-refractivity contribution in [1.82, 2.24) is 4.98 Å². The monoisotopic (exact) mass is 431 g/mol. The van der Waals surface area contributed by atoms with E-state index in [4.69, 9.17) is 4.74 Å². The third-order valence-corrected chi connectivity index (χ3v) is 3.98. The average molecular weight is 432 g/mol. The van der Waals surface area contributed by atoms with Crippen LogP contribution in [0.5, 0.6) is 11.6 Å². The summed E-state index contributed by atoms with van der Waals surface area (Å²) in [5.74, 6) is -1.22. The van der Waals surface area contributed by atoms with Gasteiger partial charge in [0.25, 0.3) is 0 Å². The second-order valence-corrected chi connectivity index (χ2v) is 5.86. The van der Waals surface area contributed by atoms with Gasteiger partial charge in [0.1, 0.15) is 5.75 Å². The summed E-state index contributed by atoms with van der Waals surface area (Å²) in [4.78, 5) is 15.3. The van der Waals surface area contributed by atoms with Crippen molar-refractivity contribution in [3.8, 4) is 11.6 Å². The molecule has 9 heteroatoms. The third kappa shape index (κ3) is 4.34. The van der Waals surface area contributed by atoms with Gasteiger partial charge in [-0.3, -0.25) is 0 Å². The van der Waals surface area contributed by atoms with Gasteiger partial charge in [0.2, 0.25) is 5.88 Å². The van der Waals surface area contributed by atoms with E-state index in [9.17, 15) is 23.1 Å². The Labute approximate surface area is 155 Å². The average Bonchev–Trinajstić information content (AvgIpc) is 2.59. The number of aromatic hydroxyl groups is 1. The van der Waals surface area contributed by atoms with Gasteiger partial charge in [-0.05, 0) is 40.2 Å². The highest BCUT2D eigenvalue weighted by molar-refractivity contribution is 9.10. The number of aromatic nitrogens is 1. The zero-order valence-corrected chi connectivity index (χ0v) is 15.2. The third-order valence-electron chi connectivity index (χ3n) is 3.34. The minimum atomic E-state index is -4.75. The summed E-state index contributed by atoms with van der Waals surface area (Å²) in [6.45, 7) is 0. The van der Waals surface area contributed by atoms with Gasteiger partial charge >= 0.3 is 12.1 Å². The van der Waals surface area contributed by atoms with E-state index in [0.717, 1.165) is 19.3 Å². The molecule has 0 amide bonds. The zero-order valence-electron chi connectivity index (χ0n) is 13.6. The van der Waals surface area contributed by atoms with Crippen molar-refractivity contribution >= 4 is 33.5 Å². The molecular formula is C17H13BrF3NO4. The Balaban J connectivity index is 2.61. The molecule has 1 aromatic carbocycles. The smallest absolute Gasteiger partial charge is 0.418 e. The van der Waals surface area contributed by atoms with Gasteiger partial charge in [-0.2, -0.15) is 13.2 Å². The minimum Gasteiger partial charge on any atom is -0.507 e. The summed E-state index contributed by atoms with van der Waals surface area (Å²) in [6, 6.07) is 6.24. The topological polar surface area (TPSA) is 68.7 Å². The summed E-state index contributed by atoms with van der Waals surface area (Å²) in [5, 5.41) is 9.99. The number of pyridine rings is 1. The number of methoxy groups -OCH3 is 2. The quantitative estimate of drug-likeness (QED) is 0.724. The van der Waals surface area contributed by atoms with Crippen LogP contribution in [0.2, 0.25) is 0 Å². The van der Waals surface area contributed by atoms with E-state index in [1.165, 1.54) is 31.4 Å². The number of benzene rings is 1. The van der Waals surface area contributed by atoms with Crippen molar-refractivity contribution in [3.63, 3.8) is 0 Å². The molecule has 0 aliphatic carbocycles. The zero-order chi connectivity index (χ0) is 19.5. The van der Waals surface area contributed by atoms with Crippen LogP contribution in [0.15, 0.2) is 34.8 Å². The van der Waals surface area contributed by atoms with Crippen LogP contribution in [0.3, 0.4) is 0 Å². The number of phenolic OH excluding ortho intramolecular Hbond substituents is 1. The lowest BCUT2D eigenvalue weighted by molar-refractivity contribution is -0.0686. The summed E-state index contributed by atoms with van der Waals surface area (Å²) < 4.78 is 50.2. The number of halogens is 4. The summed E-state index contributed by atoms with van der Waals surface area (Å²) in [6.07, 6.45) is -4.02. The number of hydrogen-bond acceptors (Lipinski definition) is 5. The SMILES string of the molecule is COC(=O)c1ccc(C=C(c2nc(OC)ccc2Br)C(F)(F)F)c(O)c1. The Morgan fingerprint density at radius 2 is 1.92 bits per heavy atom. The Hall–Kier alpha value is -2.55. The number of rotatable bonds is 4. The predicted octanol–water partition coefficient (Wildman–Crippen LogP) is 4.45. The highest BCUT2D eigenvalue weighted by atomic mass is 79.9. The lowest BCUT2D eigenvalue weighted by Gasteiger charge is -2.14. The summed E-state index contributed by atoms with van der Waals surface area (Å²) in [7, 11) is 2.44. The van der Waals surface area contributed by atoms with E-state index in [1.807, 2.05) is 0 Å². The van der Waals surface area contributed by atoms with Gasteiger partial charge in [0.05, 0.1) is 31.1 Å². The molecule has 0 bridgehead atoms. The summed E-state index contributed by atoms with van der Waals surface area (Å²) >= 11 is 3.04. The number of esters is 1. The van der Waals surface area contributed by atoms with E-state index < -0.39 is 29.2 Å². The Kier molecular flexibility index (Phi) is 5.91. The lowest BCUT2D eigenvalue weighted by atomic mass is 10.0. The van der Waals surface area contributed by atoms with Crippen molar-refractivity contribution in [3.05, 3.63) is 51.6 Å². The van der Waals surface area contributed by atoms with Crippen LogP contribution >= 0.6 is 15.9 Å². The van der Waals surface area contributed by atoms with Crippen LogP contribution < -0.4 is 4.74 Å². The molecule has 1 N–H and O–H groups in total. The van der Waals surface area contributed by atoms with Crippen LogP contribution in [0, 0.1) is 0 Å². The molecule has 2 rings (SSSR count). The van der Waals surface area contributed by atoms with Crippen LogP contribution in [0.1, 0.15) is 21.6 Å². The molecule has 1 heterocycles. The number of nitrogens with zero attached hydrogens (tertiary/aromatic N) is 1. The van der Waals surface area contributed by atoms with Gasteiger partial charge in [0, 0.05) is 16.1 Å². The van der Waals surface area contributed by atoms with Crippen LogP contribution in [0.4, 0.5) is 13.2 Å². The standard InChI is InChI=1S/C17H13BrF3NO4/c1-25-14-6-5-12(18)15(22-14)11(17(19,20)21)7-9-3-4-10(8-13(9)23)16(24)26-2/h3-8,23H,1-2H3. The minimum absolute atomic E-state index is 0.00334. The van der Waals surface area contributed by atoms with Crippen molar-refractivity contribution in [2.75, 3.05) is 14.2 Å². The lowest BCUT2D eigenvalue weighted by Crippen LogP contribution is -2.13. The largest absolute Gasteiger partial charge is 0.507 e. The first kappa shape index (κ1) is 19.8. The first-order valence-electron chi connectivity index (χ1n) is 7.08. The van der Waals surface area contributed by atoms with Gasteiger partial charge in [-0.1, -0.05) is 6.07 Å². The number of carbonyl (C=O) groups is 1. The van der Waals surface area contributed by atoms with Crippen LogP contribution in [-0.4, -0.2) is 36.5 Å². The molecule has 0 unspecified atom stereocenters. The molecule has 1 aromatic heterocycles. The number of carbonyl (C=O) groups excluding carboxylic acids is 1. The van der Waals surface area contributed by atoms with Gasteiger partial charge in [0.15, 0.2) is 0 Å². The molecule has 0 aliphatic heterocycles. The molecule has 5 nitrogen and oxygen atoms in total. The highest BCUT2D eigenvalue weighted by Crippen LogP contribution is 2.39. The molecule has 26 heavy (non-hydrogen) atoms. The fraction of sp³-hybridized carbons (Fsp3) is 0.176. The maximum atomic E-state index is 13.6. The maximum Gasteiger partial charge on any atom is 0.418 e. The van der Waals surface area contributed by atoms with Gasteiger partial charge in [-0.25, -0.2) is 9.78 Å². The first-order chi connectivity index (χ1) is 12.2. The molecule has 0 spiro atoms. The van der Waals surface area contributed by atoms with Gasteiger partial charge < -0.3 is 14.6 Å². The number of phenols is 1.